The Morgan fingerprint density at radius 2 is 2.04 bits per heavy atom. The summed E-state index contributed by atoms with van der Waals surface area (Å²) in [5.41, 5.74) is 2.20. The van der Waals surface area contributed by atoms with Gasteiger partial charge in [-0.15, -0.1) is 0 Å². The molecular formula is C18H20ClN3O3. The van der Waals surface area contributed by atoms with Crippen LogP contribution in [0.25, 0.3) is 0 Å². The number of likely N-dealkylation sites (N-methyl/N-ethyl adjacent to an activating group) is 1. The number of nitro benzene ring substituents is 1. The molecule has 2 rings (SSSR count). The summed E-state index contributed by atoms with van der Waals surface area (Å²) in [5, 5.41) is 13.8. The molecular weight excluding hydrogens is 342 g/mol. The Labute approximate surface area is 151 Å². The van der Waals surface area contributed by atoms with E-state index in [0.29, 0.717) is 13.1 Å². The third kappa shape index (κ3) is 4.93. The summed E-state index contributed by atoms with van der Waals surface area (Å²) >= 11 is 5.98. The second-order valence-corrected chi connectivity index (χ2v) is 6.00. The van der Waals surface area contributed by atoms with Crippen molar-refractivity contribution in [2.75, 3.05) is 24.5 Å². The molecule has 0 spiro atoms. The Kier molecular flexibility index (Phi) is 6.36. The Hall–Kier alpha value is -2.60. The summed E-state index contributed by atoms with van der Waals surface area (Å²) in [5.74, 6) is -0.422. The van der Waals surface area contributed by atoms with Crippen LogP contribution < -0.4 is 10.2 Å². The van der Waals surface area contributed by atoms with Crippen LogP contribution in [0.1, 0.15) is 22.8 Å². The first-order valence-corrected chi connectivity index (χ1v) is 8.34. The molecule has 0 heterocycles. The van der Waals surface area contributed by atoms with Gasteiger partial charge in [0.05, 0.1) is 15.5 Å². The summed E-state index contributed by atoms with van der Waals surface area (Å²) in [4.78, 5) is 24.7. The fourth-order valence-electron chi connectivity index (χ4n) is 2.49. The molecule has 0 aliphatic heterocycles. The van der Waals surface area contributed by atoms with Gasteiger partial charge >= 0.3 is 0 Å². The zero-order valence-corrected chi connectivity index (χ0v) is 14.9. The molecule has 0 saturated heterocycles. The van der Waals surface area contributed by atoms with Crippen LogP contribution >= 0.6 is 11.6 Å². The normalized spacial score (nSPS) is 10.4. The Balaban J connectivity index is 2.00. The molecule has 0 bridgehead atoms. The van der Waals surface area contributed by atoms with Gasteiger partial charge in [-0.1, -0.05) is 23.7 Å². The SMILES string of the molecule is CCN(CCNC(=O)c1cc([N+](=O)[O-])ccc1Cl)c1cccc(C)c1. The van der Waals surface area contributed by atoms with Crippen LogP contribution in [0.3, 0.4) is 0 Å². The smallest absolute Gasteiger partial charge is 0.270 e. The molecule has 0 unspecified atom stereocenters. The van der Waals surface area contributed by atoms with E-state index in [0.717, 1.165) is 12.2 Å². The van der Waals surface area contributed by atoms with Crippen LogP contribution in [0.15, 0.2) is 42.5 Å². The van der Waals surface area contributed by atoms with Crippen molar-refractivity contribution in [3.8, 4) is 0 Å². The first-order chi connectivity index (χ1) is 11.9. The molecule has 7 heteroatoms. The number of amides is 1. The third-order valence-electron chi connectivity index (χ3n) is 3.82. The molecule has 0 aromatic heterocycles. The van der Waals surface area contributed by atoms with Gasteiger partial charge in [0.1, 0.15) is 0 Å². The molecule has 2 aromatic rings. The number of benzene rings is 2. The van der Waals surface area contributed by atoms with Crippen molar-refractivity contribution >= 4 is 28.9 Å². The number of aryl methyl sites for hydroxylation is 1. The highest BCUT2D eigenvalue weighted by Gasteiger charge is 2.15. The number of nitro groups is 1. The van der Waals surface area contributed by atoms with E-state index in [2.05, 4.69) is 16.3 Å². The van der Waals surface area contributed by atoms with Gasteiger partial charge in [-0.3, -0.25) is 14.9 Å². The van der Waals surface area contributed by atoms with Crippen LogP contribution in [-0.4, -0.2) is 30.5 Å². The van der Waals surface area contributed by atoms with Crippen molar-refractivity contribution in [1.29, 1.82) is 0 Å². The van der Waals surface area contributed by atoms with Gasteiger partial charge in [0.2, 0.25) is 0 Å². The standard InChI is InChI=1S/C18H20ClN3O3/c1-3-21(14-6-4-5-13(2)11-14)10-9-20-18(23)16-12-15(22(24)25)7-8-17(16)19/h4-8,11-12H,3,9-10H2,1-2H3,(H,20,23). The molecule has 0 radical (unpaired) electrons. The minimum atomic E-state index is -0.552. The molecule has 2 aromatic carbocycles. The highest BCUT2D eigenvalue weighted by molar-refractivity contribution is 6.33. The predicted molar refractivity (Wildman–Crippen MR) is 99.5 cm³/mol. The van der Waals surface area contributed by atoms with E-state index in [-0.39, 0.29) is 16.3 Å². The number of rotatable bonds is 7. The third-order valence-corrected chi connectivity index (χ3v) is 4.15. The maximum absolute atomic E-state index is 12.3. The average molecular weight is 362 g/mol. The van der Waals surface area contributed by atoms with E-state index in [1.807, 2.05) is 32.0 Å². The predicted octanol–water partition coefficient (Wildman–Crippen LogP) is 3.81. The van der Waals surface area contributed by atoms with Crippen molar-refractivity contribution in [1.82, 2.24) is 5.32 Å². The lowest BCUT2D eigenvalue weighted by atomic mass is 10.2. The lowest BCUT2D eigenvalue weighted by Gasteiger charge is -2.23. The molecule has 6 nitrogen and oxygen atoms in total. The summed E-state index contributed by atoms with van der Waals surface area (Å²) < 4.78 is 0. The van der Waals surface area contributed by atoms with Crippen LogP contribution in [0.4, 0.5) is 11.4 Å². The lowest BCUT2D eigenvalue weighted by molar-refractivity contribution is -0.384. The molecule has 1 amide bonds. The van der Waals surface area contributed by atoms with E-state index >= 15 is 0 Å². The molecule has 0 saturated carbocycles. The van der Waals surface area contributed by atoms with E-state index < -0.39 is 10.8 Å². The summed E-state index contributed by atoms with van der Waals surface area (Å²) in [7, 11) is 0. The molecule has 0 atom stereocenters. The minimum Gasteiger partial charge on any atom is -0.370 e. The largest absolute Gasteiger partial charge is 0.370 e. The number of halogens is 1. The molecule has 1 N–H and O–H groups in total. The van der Waals surface area contributed by atoms with Crippen molar-refractivity contribution in [2.45, 2.75) is 13.8 Å². The highest BCUT2D eigenvalue weighted by Crippen LogP contribution is 2.22. The number of carbonyl (C=O) groups is 1. The first-order valence-electron chi connectivity index (χ1n) is 7.96. The van der Waals surface area contributed by atoms with Crippen molar-refractivity contribution < 1.29 is 9.72 Å². The van der Waals surface area contributed by atoms with Crippen LogP contribution in [0.2, 0.25) is 5.02 Å². The Morgan fingerprint density at radius 1 is 1.28 bits per heavy atom. The molecule has 0 fully saturated rings. The Morgan fingerprint density at radius 3 is 2.68 bits per heavy atom. The second-order valence-electron chi connectivity index (χ2n) is 5.60. The maximum Gasteiger partial charge on any atom is 0.270 e. The van der Waals surface area contributed by atoms with E-state index in [1.54, 1.807) is 0 Å². The fourth-order valence-corrected chi connectivity index (χ4v) is 2.70. The van der Waals surface area contributed by atoms with E-state index in [1.165, 1.54) is 23.8 Å². The van der Waals surface area contributed by atoms with E-state index in [9.17, 15) is 14.9 Å². The zero-order valence-electron chi connectivity index (χ0n) is 14.2. The van der Waals surface area contributed by atoms with E-state index in [4.69, 9.17) is 11.6 Å². The van der Waals surface area contributed by atoms with Gasteiger partial charge in [-0.2, -0.15) is 0 Å². The number of non-ortho nitro benzene ring substituents is 1. The number of hydrogen-bond donors (Lipinski definition) is 1. The fraction of sp³-hybridized carbons (Fsp3) is 0.278. The van der Waals surface area contributed by atoms with Gasteiger partial charge in [-0.25, -0.2) is 0 Å². The average Bonchev–Trinajstić information content (AvgIpc) is 2.58. The molecule has 0 aliphatic carbocycles. The van der Waals surface area contributed by atoms with Gasteiger partial charge in [0.25, 0.3) is 11.6 Å². The number of carbonyl (C=O) groups excluding carboxylic acids is 1. The number of hydrogen-bond acceptors (Lipinski definition) is 4. The quantitative estimate of drug-likeness (QED) is 0.601. The topological polar surface area (TPSA) is 75.5 Å². The highest BCUT2D eigenvalue weighted by atomic mass is 35.5. The Bertz CT molecular complexity index is 780. The first kappa shape index (κ1) is 18.7. The van der Waals surface area contributed by atoms with Crippen LogP contribution in [0.5, 0.6) is 0 Å². The van der Waals surface area contributed by atoms with Gasteiger partial charge in [-0.05, 0) is 37.6 Å². The van der Waals surface area contributed by atoms with Crippen LogP contribution in [-0.2, 0) is 0 Å². The summed E-state index contributed by atoms with van der Waals surface area (Å²) in [6.45, 7) is 5.90. The number of anilines is 1. The van der Waals surface area contributed by atoms with Gasteiger partial charge in [0.15, 0.2) is 0 Å². The molecule has 0 aliphatic rings. The maximum atomic E-state index is 12.3. The zero-order chi connectivity index (χ0) is 18.4. The number of nitrogens with one attached hydrogen (secondary N) is 1. The monoisotopic (exact) mass is 361 g/mol. The van der Waals surface area contributed by atoms with Gasteiger partial charge < -0.3 is 10.2 Å². The molecule has 25 heavy (non-hydrogen) atoms. The van der Waals surface area contributed by atoms with Crippen molar-refractivity contribution in [3.05, 3.63) is 68.7 Å². The van der Waals surface area contributed by atoms with Crippen molar-refractivity contribution in [3.63, 3.8) is 0 Å². The summed E-state index contributed by atoms with van der Waals surface area (Å²) in [6.07, 6.45) is 0. The van der Waals surface area contributed by atoms with Crippen LogP contribution in [0, 0.1) is 17.0 Å². The minimum absolute atomic E-state index is 0.106. The number of nitrogens with zero attached hydrogens (tertiary/aromatic N) is 2. The molecule has 132 valence electrons. The van der Waals surface area contributed by atoms with Gasteiger partial charge in [0, 0.05) is 37.5 Å². The second kappa shape index (κ2) is 8.48. The lowest BCUT2D eigenvalue weighted by Crippen LogP contribution is -2.35. The summed E-state index contributed by atoms with van der Waals surface area (Å²) in [6, 6.07) is 12.0. The van der Waals surface area contributed by atoms with Crippen molar-refractivity contribution in [2.24, 2.45) is 0 Å².